The fraction of sp³-hybridized carbons (Fsp3) is 0.0256. The number of rotatable bonds is 4. The number of carbonyl (C=O) groups excluding carboxylic acids is 1. The molecule has 47 heavy (non-hydrogen) atoms. The molecule has 1 aliphatic heterocycles. The third kappa shape index (κ3) is 7.46. The van der Waals surface area contributed by atoms with Crippen LogP contribution < -0.4 is 0 Å². The molecule has 7 rings (SSSR count). The van der Waals surface area contributed by atoms with Gasteiger partial charge in [-0.15, -0.1) is 12.2 Å². The quantitative estimate of drug-likeness (QED) is 0.0496. The number of halogens is 3. The van der Waals surface area contributed by atoms with Gasteiger partial charge in [0.25, 0.3) is 0 Å². The maximum absolute atomic E-state index is 12.1. The first-order chi connectivity index (χ1) is 22.2. The van der Waals surface area contributed by atoms with Crippen molar-refractivity contribution in [1.29, 1.82) is 0 Å². The molecule has 233 valence electrons. The van der Waals surface area contributed by atoms with Crippen molar-refractivity contribution in [2.45, 2.75) is 6.18 Å². The van der Waals surface area contributed by atoms with Crippen LogP contribution in [0.4, 0.5) is 13.2 Å². The fourth-order valence-corrected chi connectivity index (χ4v) is 5.42. The van der Waals surface area contributed by atoms with Gasteiger partial charge in [-0.2, -0.15) is 13.2 Å². The van der Waals surface area contributed by atoms with Crippen LogP contribution in [0.1, 0.15) is 22.4 Å². The number of allylic oxidation sites excluding steroid dienone is 4. The molecule has 0 unspecified atom stereocenters. The van der Waals surface area contributed by atoms with Crippen LogP contribution in [-0.2, 0) is 0 Å². The van der Waals surface area contributed by atoms with E-state index in [0.717, 1.165) is 33.6 Å². The van der Waals surface area contributed by atoms with Gasteiger partial charge in [-0.3, -0.25) is 14.4 Å². The van der Waals surface area contributed by atoms with E-state index in [2.05, 4.69) is 79.5 Å². The topological polar surface area (TPSA) is 57.5 Å². The summed E-state index contributed by atoms with van der Waals surface area (Å²) in [5, 5.41) is 10.5. The summed E-state index contributed by atoms with van der Waals surface area (Å²) >= 11 is 0. The number of benzene rings is 4. The summed E-state index contributed by atoms with van der Waals surface area (Å²) in [6.07, 6.45) is 5.82. The number of aliphatic hydroxyl groups is 1. The molecule has 0 saturated heterocycles. The number of fused-ring (bicyclic) bond motifs is 4. The molecule has 2 aliphatic rings. The van der Waals surface area contributed by atoms with E-state index in [9.17, 15) is 18.0 Å². The van der Waals surface area contributed by atoms with Gasteiger partial charge >= 0.3 is 12.0 Å². The van der Waals surface area contributed by atoms with Crippen molar-refractivity contribution in [3.63, 3.8) is 0 Å². The Labute approximate surface area is 311 Å². The SMILES string of the molecule is C=[N+]1C=CC(c2ccccc2)=C2C=Cc3c(-c4ccccc4)ccnc3[C-]21.OC(=CC(=[OH+])c1ccc2ccccc2c1)C(F)(F)F.[Eu]. The van der Waals surface area contributed by atoms with Crippen LogP contribution in [0.5, 0.6) is 0 Å². The molecule has 1 aromatic heterocycles. The number of pyridine rings is 1. The molecule has 0 bridgehead atoms. The van der Waals surface area contributed by atoms with Gasteiger partial charge in [0.2, 0.25) is 5.76 Å². The Bertz CT molecular complexity index is 2080. The van der Waals surface area contributed by atoms with Gasteiger partial charge in [0.1, 0.15) is 6.20 Å². The van der Waals surface area contributed by atoms with Crippen LogP contribution in [0, 0.1) is 55.4 Å². The minimum absolute atomic E-state index is 0. The molecule has 1 aliphatic carbocycles. The van der Waals surface area contributed by atoms with Crippen LogP contribution >= 0.6 is 0 Å². The molecule has 0 amide bonds. The van der Waals surface area contributed by atoms with E-state index in [1.54, 1.807) is 24.3 Å². The third-order valence-electron chi connectivity index (χ3n) is 7.66. The van der Waals surface area contributed by atoms with E-state index < -0.39 is 17.7 Å². The maximum atomic E-state index is 12.1. The predicted molar refractivity (Wildman–Crippen MR) is 178 cm³/mol. The van der Waals surface area contributed by atoms with Crippen molar-refractivity contribution in [2.24, 2.45) is 0 Å². The van der Waals surface area contributed by atoms with E-state index in [1.165, 1.54) is 28.3 Å². The number of nitrogens with zero attached hydrogens (tertiary/aromatic N) is 2. The second-order valence-electron chi connectivity index (χ2n) is 10.6. The Morgan fingerprint density at radius 1 is 0.809 bits per heavy atom. The van der Waals surface area contributed by atoms with E-state index in [0.29, 0.717) is 6.08 Å². The van der Waals surface area contributed by atoms with Crippen LogP contribution in [0.25, 0.3) is 33.5 Å². The zero-order chi connectivity index (χ0) is 32.3. The molecule has 0 atom stereocenters. The molecular weight excluding hydrogens is 737 g/mol. The van der Waals surface area contributed by atoms with Crippen molar-refractivity contribution in [2.75, 3.05) is 0 Å². The second kappa shape index (κ2) is 14.6. The normalized spacial score (nSPS) is 13.7. The van der Waals surface area contributed by atoms with E-state index in [1.807, 2.05) is 41.2 Å². The van der Waals surface area contributed by atoms with Gasteiger partial charge in [0.15, 0.2) is 6.04 Å². The van der Waals surface area contributed by atoms with E-state index in [4.69, 9.17) is 10.1 Å². The first-order valence-electron chi connectivity index (χ1n) is 14.4. The van der Waals surface area contributed by atoms with Crippen LogP contribution in [-0.4, -0.2) is 38.1 Å². The molecule has 4 aromatic carbocycles. The predicted octanol–water partition coefficient (Wildman–Crippen LogP) is 9.09. The van der Waals surface area contributed by atoms with Crippen molar-refractivity contribution < 1.29 is 77.0 Å². The molecule has 5 aromatic rings. The Morgan fingerprint density at radius 2 is 1.45 bits per heavy atom. The minimum Gasteiger partial charge on any atom is -0.504 e. The monoisotopic (exact) mass is 766 g/mol. The van der Waals surface area contributed by atoms with Gasteiger partial charge in [0.05, 0.1) is 24.1 Å². The summed E-state index contributed by atoms with van der Waals surface area (Å²) in [5.41, 5.74) is 8.24. The molecule has 8 heteroatoms. The minimum atomic E-state index is -4.87. The summed E-state index contributed by atoms with van der Waals surface area (Å²) in [6, 6.07) is 36.0. The average Bonchev–Trinajstić information content (AvgIpc) is 3.08. The molecule has 1 radical (unpaired) electrons. The molecule has 2 N–H and O–H groups in total. The number of ketones is 1. The molecule has 0 saturated carbocycles. The number of alkyl halides is 3. The van der Waals surface area contributed by atoms with Gasteiger partial charge in [-0.25, -0.2) is 0 Å². The molecular formula is C39H28EuF3N2O2+. The number of aliphatic hydroxyl groups excluding tert-OH is 1. The number of hydrogen-bond acceptors (Lipinski definition) is 2. The van der Waals surface area contributed by atoms with Crippen LogP contribution in [0.3, 0.4) is 0 Å². The molecule has 2 heterocycles. The summed E-state index contributed by atoms with van der Waals surface area (Å²) < 4.78 is 38.3. The molecule has 4 nitrogen and oxygen atoms in total. The molecule has 0 spiro atoms. The third-order valence-corrected chi connectivity index (χ3v) is 7.66. The largest absolute Gasteiger partial charge is 0.504 e. The van der Waals surface area contributed by atoms with Crippen LogP contribution in [0.2, 0.25) is 0 Å². The van der Waals surface area contributed by atoms with Gasteiger partial charge in [0, 0.05) is 55.6 Å². The maximum Gasteiger partial charge on any atom is 0.449 e. The van der Waals surface area contributed by atoms with Crippen LogP contribution in [0.15, 0.2) is 151 Å². The fourth-order valence-electron chi connectivity index (χ4n) is 5.42. The second-order valence-corrected chi connectivity index (χ2v) is 10.6. The standard InChI is InChI=1S/C25H18N2.C14H9F3O2.Eu/c1-27-17-15-21(19-10-6-3-7-11-19)23-13-12-22-20(18-8-4-2-5-9-18)14-16-26-24(22)25(23)27;15-14(16,17)13(19)8-12(18)11-6-5-9-3-1-2-4-10(9)7-11;/h2-17H,1H2;1-8,19H;/p+1. The summed E-state index contributed by atoms with van der Waals surface area (Å²) in [5.74, 6) is -2.47. The Balaban J connectivity index is 0.000000192. The average molecular weight is 766 g/mol. The molecule has 0 fully saturated rings. The van der Waals surface area contributed by atoms with Gasteiger partial charge in [-0.1, -0.05) is 96.6 Å². The van der Waals surface area contributed by atoms with Crippen molar-refractivity contribution in [3.8, 4) is 11.1 Å². The van der Waals surface area contributed by atoms with Gasteiger partial charge < -0.3 is 5.11 Å². The first-order valence-corrected chi connectivity index (χ1v) is 14.4. The van der Waals surface area contributed by atoms with Crippen molar-refractivity contribution >= 4 is 34.9 Å². The zero-order valence-corrected chi connectivity index (χ0v) is 27.3. The number of hydrogen-bond donors (Lipinski definition) is 1. The van der Waals surface area contributed by atoms with E-state index in [-0.39, 0.29) is 54.9 Å². The Hall–Kier alpha value is -4.37. The van der Waals surface area contributed by atoms with E-state index >= 15 is 0 Å². The van der Waals surface area contributed by atoms with Crippen molar-refractivity contribution in [3.05, 3.63) is 180 Å². The Kier molecular flexibility index (Phi) is 10.6. The number of aromatic nitrogens is 1. The summed E-state index contributed by atoms with van der Waals surface area (Å²) in [4.78, 5) is 14.3. The van der Waals surface area contributed by atoms with Crippen molar-refractivity contribution in [1.82, 2.24) is 4.98 Å². The Morgan fingerprint density at radius 3 is 2.13 bits per heavy atom. The summed E-state index contributed by atoms with van der Waals surface area (Å²) in [7, 11) is 0. The van der Waals surface area contributed by atoms with Gasteiger partial charge in [-0.05, 0) is 62.9 Å². The summed E-state index contributed by atoms with van der Waals surface area (Å²) in [6.45, 7) is 4.21. The first kappa shape index (κ1) is 34.0. The smallest absolute Gasteiger partial charge is 0.449 e. The zero-order valence-electron chi connectivity index (χ0n) is 24.9.